The molecule has 1 rings (SSSR count). The van der Waals surface area contributed by atoms with Crippen molar-refractivity contribution in [2.24, 2.45) is 5.92 Å². The minimum atomic E-state index is -3.83. The van der Waals surface area contributed by atoms with Gasteiger partial charge in [-0.25, -0.2) is 17.9 Å². The van der Waals surface area contributed by atoms with Crippen LogP contribution in [0.2, 0.25) is 0 Å². The standard InChI is InChI=1S/C12H18N2O4S/c1-8(2)5-6-14-19(17,18)11-4-3-9(13)7-10(11)12(15)16/h3-4,7-8,14H,5-6,13H2,1-2H3,(H,15,16). The van der Waals surface area contributed by atoms with Gasteiger partial charge in [0, 0.05) is 12.2 Å². The van der Waals surface area contributed by atoms with Crippen molar-refractivity contribution < 1.29 is 18.3 Å². The van der Waals surface area contributed by atoms with E-state index in [-0.39, 0.29) is 22.7 Å². The topological polar surface area (TPSA) is 109 Å². The van der Waals surface area contributed by atoms with Gasteiger partial charge in [-0.15, -0.1) is 0 Å². The van der Waals surface area contributed by atoms with E-state index in [1.165, 1.54) is 12.1 Å². The molecule has 106 valence electrons. The van der Waals surface area contributed by atoms with E-state index < -0.39 is 16.0 Å². The molecule has 0 aromatic heterocycles. The lowest BCUT2D eigenvalue weighted by molar-refractivity contribution is 0.0692. The monoisotopic (exact) mass is 286 g/mol. The molecule has 0 spiro atoms. The molecule has 0 saturated carbocycles. The molecule has 0 amide bonds. The maximum absolute atomic E-state index is 12.0. The van der Waals surface area contributed by atoms with Crippen LogP contribution in [0.15, 0.2) is 23.1 Å². The molecule has 4 N–H and O–H groups in total. The van der Waals surface area contributed by atoms with Crippen LogP contribution in [0, 0.1) is 5.92 Å². The first kappa shape index (κ1) is 15.5. The third-order valence-electron chi connectivity index (χ3n) is 2.54. The van der Waals surface area contributed by atoms with Gasteiger partial charge < -0.3 is 10.8 Å². The molecule has 1 aromatic carbocycles. The highest BCUT2D eigenvalue weighted by Gasteiger charge is 2.22. The van der Waals surface area contributed by atoms with Gasteiger partial charge in [-0.2, -0.15) is 0 Å². The number of nitrogens with two attached hydrogens (primary N) is 1. The molecule has 0 saturated heterocycles. The van der Waals surface area contributed by atoms with Gasteiger partial charge in [-0.3, -0.25) is 0 Å². The highest BCUT2D eigenvalue weighted by atomic mass is 32.2. The summed E-state index contributed by atoms with van der Waals surface area (Å²) < 4.78 is 26.5. The van der Waals surface area contributed by atoms with E-state index in [4.69, 9.17) is 10.8 Å². The Morgan fingerprint density at radius 3 is 2.58 bits per heavy atom. The Kier molecular flexibility index (Phi) is 4.90. The molecule has 0 aliphatic carbocycles. The second kappa shape index (κ2) is 6.03. The number of aromatic carboxylic acids is 1. The van der Waals surface area contributed by atoms with Gasteiger partial charge in [0.1, 0.15) is 0 Å². The van der Waals surface area contributed by atoms with Crippen molar-refractivity contribution in [3.05, 3.63) is 23.8 Å². The SMILES string of the molecule is CC(C)CCNS(=O)(=O)c1ccc(N)cc1C(=O)O. The molecule has 6 nitrogen and oxygen atoms in total. The average Bonchev–Trinajstić information content (AvgIpc) is 2.27. The van der Waals surface area contributed by atoms with E-state index >= 15 is 0 Å². The molecule has 0 atom stereocenters. The van der Waals surface area contributed by atoms with Crippen molar-refractivity contribution in [2.45, 2.75) is 25.2 Å². The van der Waals surface area contributed by atoms with E-state index in [1.54, 1.807) is 0 Å². The number of hydrogen-bond acceptors (Lipinski definition) is 4. The van der Waals surface area contributed by atoms with E-state index in [0.29, 0.717) is 12.3 Å². The van der Waals surface area contributed by atoms with Crippen molar-refractivity contribution in [3.63, 3.8) is 0 Å². The van der Waals surface area contributed by atoms with Crippen LogP contribution in [0.5, 0.6) is 0 Å². The molecule has 1 aromatic rings. The third-order valence-corrected chi connectivity index (χ3v) is 4.06. The number of carbonyl (C=O) groups is 1. The van der Waals surface area contributed by atoms with Crippen molar-refractivity contribution in [3.8, 4) is 0 Å². The first-order valence-electron chi connectivity index (χ1n) is 5.86. The average molecular weight is 286 g/mol. The van der Waals surface area contributed by atoms with Crippen molar-refractivity contribution >= 4 is 21.7 Å². The first-order valence-corrected chi connectivity index (χ1v) is 7.35. The summed E-state index contributed by atoms with van der Waals surface area (Å²) in [6.45, 7) is 4.21. The summed E-state index contributed by atoms with van der Waals surface area (Å²) in [6.07, 6.45) is 0.677. The Balaban J connectivity index is 3.04. The maximum Gasteiger partial charge on any atom is 0.337 e. The fraction of sp³-hybridized carbons (Fsp3) is 0.417. The lowest BCUT2D eigenvalue weighted by atomic mass is 10.1. The second-order valence-corrected chi connectivity index (χ2v) is 6.38. The smallest absolute Gasteiger partial charge is 0.337 e. The predicted molar refractivity (Wildman–Crippen MR) is 72.5 cm³/mol. The summed E-state index contributed by atoms with van der Waals surface area (Å²) >= 11 is 0. The van der Waals surface area contributed by atoms with E-state index in [0.717, 1.165) is 6.07 Å². The van der Waals surface area contributed by atoms with Gasteiger partial charge in [0.05, 0.1) is 10.5 Å². The molecule has 19 heavy (non-hydrogen) atoms. The highest BCUT2D eigenvalue weighted by molar-refractivity contribution is 7.89. The first-order chi connectivity index (χ1) is 8.74. The number of anilines is 1. The molecule has 0 radical (unpaired) electrons. The zero-order chi connectivity index (χ0) is 14.6. The van der Waals surface area contributed by atoms with E-state index in [2.05, 4.69) is 4.72 Å². The van der Waals surface area contributed by atoms with Gasteiger partial charge in [0.15, 0.2) is 0 Å². The molecule has 0 aliphatic heterocycles. The van der Waals surface area contributed by atoms with Crippen LogP contribution in [0.3, 0.4) is 0 Å². The summed E-state index contributed by atoms with van der Waals surface area (Å²) in [6, 6.07) is 3.71. The van der Waals surface area contributed by atoms with Crippen LogP contribution in [-0.4, -0.2) is 26.0 Å². The van der Waals surface area contributed by atoms with Crippen LogP contribution < -0.4 is 10.5 Å². The second-order valence-electron chi connectivity index (χ2n) is 4.64. The molecule has 0 heterocycles. The van der Waals surface area contributed by atoms with Crippen molar-refractivity contribution in [1.82, 2.24) is 4.72 Å². The van der Waals surface area contributed by atoms with E-state index in [9.17, 15) is 13.2 Å². The number of carboxylic acid groups (broad SMARTS) is 1. The Morgan fingerprint density at radius 2 is 2.05 bits per heavy atom. The number of benzene rings is 1. The Hall–Kier alpha value is -1.60. The molecule has 0 bridgehead atoms. The van der Waals surface area contributed by atoms with Crippen LogP contribution in [-0.2, 0) is 10.0 Å². The Morgan fingerprint density at radius 1 is 1.42 bits per heavy atom. The van der Waals surface area contributed by atoms with Crippen molar-refractivity contribution in [1.29, 1.82) is 0 Å². The van der Waals surface area contributed by atoms with Crippen LogP contribution in [0.25, 0.3) is 0 Å². The molecular weight excluding hydrogens is 268 g/mol. The zero-order valence-electron chi connectivity index (χ0n) is 10.9. The molecule has 0 unspecified atom stereocenters. The predicted octanol–water partition coefficient (Wildman–Crippen LogP) is 1.29. The minimum Gasteiger partial charge on any atom is -0.478 e. The summed E-state index contributed by atoms with van der Waals surface area (Å²) in [5.41, 5.74) is 5.35. The minimum absolute atomic E-state index is 0.207. The number of nitrogen functional groups attached to an aromatic ring is 1. The Labute approximate surface area is 112 Å². The third kappa shape index (κ3) is 4.22. The lowest BCUT2D eigenvalue weighted by Crippen LogP contribution is -2.27. The van der Waals surface area contributed by atoms with Gasteiger partial charge in [-0.05, 0) is 30.5 Å². The summed E-state index contributed by atoms with van der Waals surface area (Å²) in [4.78, 5) is 10.8. The number of sulfonamides is 1. The normalized spacial score (nSPS) is 11.7. The molecule has 7 heteroatoms. The number of carboxylic acids is 1. The Bertz CT molecular complexity index is 567. The van der Waals surface area contributed by atoms with Gasteiger partial charge in [0.25, 0.3) is 0 Å². The number of rotatable bonds is 6. The van der Waals surface area contributed by atoms with Gasteiger partial charge >= 0.3 is 5.97 Å². The fourth-order valence-corrected chi connectivity index (χ4v) is 2.73. The van der Waals surface area contributed by atoms with Crippen molar-refractivity contribution in [2.75, 3.05) is 12.3 Å². The molecular formula is C12H18N2O4S. The maximum atomic E-state index is 12.0. The summed E-state index contributed by atoms with van der Waals surface area (Å²) in [5.74, 6) is -0.968. The van der Waals surface area contributed by atoms with Crippen LogP contribution in [0.1, 0.15) is 30.6 Å². The summed E-state index contributed by atoms with van der Waals surface area (Å²) in [7, 11) is -3.83. The number of nitrogens with one attached hydrogen (secondary N) is 1. The number of hydrogen-bond donors (Lipinski definition) is 3. The van der Waals surface area contributed by atoms with E-state index in [1.807, 2.05) is 13.8 Å². The summed E-state index contributed by atoms with van der Waals surface area (Å²) in [5, 5.41) is 9.02. The van der Waals surface area contributed by atoms with Crippen LogP contribution in [0.4, 0.5) is 5.69 Å². The van der Waals surface area contributed by atoms with Gasteiger partial charge in [0.2, 0.25) is 10.0 Å². The molecule has 0 fully saturated rings. The van der Waals surface area contributed by atoms with Gasteiger partial charge in [-0.1, -0.05) is 13.8 Å². The lowest BCUT2D eigenvalue weighted by Gasteiger charge is -2.10. The molecule has 0 aliphatic rings. The largest absolute Gasteiger partial charge is 0.478 e. The quantitative estimate of drug-likeness (QED) is 0.683. The zero-order valence-corrected chi connectivity index (χ0v) is 11.7. The fourth-order valence-electron chi connectivity index (χ4n) is 1.51. The highest BCUT2D eigenvalue weighted by Crippen LogP contribution is 2.19. The van der Waals surface area contributed by atoms with Crippen LogP contribution >= 0.6 is 0 Å².